The number of rotatable bonds is 6. The summed E-state index contributed by atoms with van der Waals surface area (Å²) in [6.07, 6.45) is 22.7. The van der Waals surface area contributed by atoms with Gasteiger partial charge in [0.1, 0.15) is 0 Å². The second-order valence-corrected chi connectivity index (χ2v) is 16.4. The summed E-state index contributed by atoms with van der Waals surface area (Å²) in [5.74, 6) is 1.45. The first kappa shape index (κ1) is 32.3. The maximum absolute atomic E-state index is 2.72. The Kier molecular flexibility index (Phi) is 7.17. The molecular formula is C53H44N2. The lowest BCUT2D eigenvalue weighted by atomic mass is 9.73. The van der Waals surface area contributed by atoms with Crippen LogP contribution >= 0.6 is 0 Å². The molecule has 2 heteroatoms. The van der Waals surface area contributed by atoms with E-state index in [0.717, 1.165) is 12.1 Å². The number of anilines is 5. The average Bonchev–Trinajstić information content (AvgIpc) is 3.98. The maximum Gasteiger partial charge on any atom is 0.0555 e. The van der Waals surface area contributed by atoms with Crippen LogP contribution in [0.2, 0.25) is 0 Å². The van der Waals surface area contributed by atoms with Crippen LogP contribution in [0.1, 0.15) is 35.6 Å². The Labute approximate surface area is 324 Å². The molecule has 11 rings (SSSR count). The fraction of sp³-hybridized carbons (Fsp3) is 0.170. The predicted octanol–water partition coefficient (Wildman–Crippen LogP) is 14.0. The van der Waals surface area contributed by atoms with Gasteiger partial charge < -0.3 is 9.80 Å². The van der Waals surface area contributed by atoms with E-state index in [-0.39, 0.29) is 5.54 Å². The first-order chi connectivity index (χ1) is 26.9. The number of fused-ring (bicyclic) bond motifs is 3. The largest absolute Gasteiger partial charge is 0.334 e. The molecule has 1 saturated carbocycles. The van der Waals surface area contributed by atoms with Gasteiger partial charge in [-0.3, -0.25) is 0 Å². The Balaban J connectivity index is 1.06. The van der Waals surface area contributed by atoms with E-state index in [1.165, 1.54) is 89.3 Å². The Morgan fingerprint density at radius 2 is 1.16 bits per heavy atom. The van der Waals surface area contributed by atoms with Gasteiger partial charge in [-0.2, -0.15) is 0 Å². The summed E-state index contributed by atoms with van der Waals surface area (Å²) < 4.78 is 0. The van der Waals surface area contributed by atoms with Crippen LogP contribution in [0, 0.1) is 31.6 Å². The Morgan fingerprint density at radius 1 is 0.564 bits per heavy atom. The van der Waals surface area contributed by atoms with Crippen molar-refractivity contribution in [1.29, 1.82) is 0 Å². The second-order valence-electron chi connectivity index (χ2n) is 16.4. The molecular weight excluding hydrogens is 665 g/mol. The molecule has 1 fully saturated rings. The van der Waals surface area contributed by atoms with Gasteiger partial charge in [-0.15, -0.1) is 0 Å². The number of nitrogens with zero attached hydrogens (tertiary/aromatic N) is 2. The lowest BCUT2D eigenvalue weighted by Crippen LogP contribution is -2.45. The zero-order chi connectivity index (χ0) is 36.8. The van der Waals surface area contributed by atoms with Crippen LogP contribution in [0.15, 0.2) is 169 Å². The van der Waals surface area contributed by atoms with Gasteiger partial charge in [0.05, 0.1) is 5.54 Å². The van der Waals surface area contributed by atoms with Gasteiger partial charge in [0.15, 0.2) is 0 Å². The SMILES string of the molecule is Cc1ccc(N(c2ccc3c(c2)C=CC=CC3)c2cc3ccc4cc(N(c5ccc(C)cc5)C56CC5C=C5C=CC=CC5C6C)cc5ccc(c2)c3c45)cc1. The second kappa shape index (κ2) is 12.2. The van der Waals surface area contributed by atoms with Crippen molar-refractivity contribution in [2.75, 3.05) is 9.80 Å². The molecule has 55 heavy (non-hydrogen) atoms. The highest BCUT2D eigenvalue weighted by Gasteiger charge is 2.64. The molecule has 4 unspecified atom stereocenters. The van der Waals surface area contributed by atoms with Crippen LogP contribution in [-0.4, -0.2) is 5.54 Å². The van der Waals surface area contributed by atoms with Crippen molar-refractivity contribution in [2.24, 2.45) is 17.8 Å². The van der Waals surface area contributed by atoms with Gasteiger partial charge >= 0.3 is 0 Å². The minimum absolute atomic E-state index is 0.0379. The third-order valence-corrected chi connectivity index (χ3v) is 13.1. The zero-order valence-corrected chi connectivity index (χ0v) is 31.7. The molecule has 0 saturated heterocycles. The Bertz CT molecular complexity index is 2750. The van der Waals surface area contributed by atoms with Gasteiger partial charge in [0.25, 0.3) is 0 Å². The van der Waals surface area contributed by atoms with E-state index in [9.17, 15) is 0 Å². The van der Waals surface area contributed by atoms with Gasteiger partial charge in [-0.05, 0) is 142 Å². The summed E-state index contributed by atoms with van der Waals surface area (Å²) in [5, 5.41) is 7.81. The first-order valence-corrected chi connectivity index (χ1v) is 19.9. The molecule has 4 aliphatic rings. The van der Waals surface area contributed by atoms with Crippen LogP contribution in [0.5, 0.6) is 0 Å². The molecule has 0 aromatic heterocycles. The van der Waals surface area contributed by atoms with Crippen LogP contribution in [0.3, 0.4) is 0 Å². The standard InChI is InChI=1S/C53H44N2/c1-34-13-22-45(23-14-34)54(47-26-21-37-9-5-4-6-10-38(37)28-47)48-29-40-17-19-42-31-49(32-43-20-18-41(30-48)51(40)52(42)43)55(46-24-15-35(2)16-25-46)53-33-44(53)27-39-11-7-8-12-50(39)36(53)3/h4-8,10-32,36,44,50H,9,33H2,1-3H3. The average molecular weight is 709 g/mol. The fourth-order valence-electron chi connectivity index (χ4n) is 10.2. The molecule has 4 aliphatic carbocycles. The number of benzene rings is 7. The molecule has 0 radical (unpaired) electrons. The normalized spacial score (nSPS) is 22.0. The van der Waals surface area contributed by atoms with Crippen molar-refractivity contribution in [2.45, 2.75) is 39.2 Å². The van der Waals surface area contributed by atoms with Crippen molar-refractivity contribution in [1.82, 2.24) is 0 Å². The summed E-state index contributed by atoms with van der Waals surface area (Å²) in [7, 11) is 0. The molecule has 0 bridgehead atoms. The van der Waals surface area contributed by atoms with E-state index < -0.39 is 0 Å². The molecule has 0 spiro atoms. The van der Waals surface area contributed by atoms with Crippen molar-refractivity contribution in [3.05, 3.63) is 192 Å². The summed E-state index contributed by atoms with van der Waals surface area (Å²) in [4.78, 5) is 5.14. The van der Waals surface area contributed by atoms with Gasteiger partial charge in [-0.1, -0.05) is 127 Å². The maximum atomic E-state index is 2.72. The van der Waals surface area contributed by atoms with E-state index >= 15 is 0 Å². The minimum atomic E-state index is 0.0379. The van der Waals surface area contributed by atoms with Crippen LogP contribution in [0.4, 0.5) is 28.4 Å². The first-order valence-electron chi connectivity index (χ1n) is 19.9. The van der Waals surface area contributed by atoms with Crippen molar-refractivity contribution in [3.8, 4) is 0 Å². The smallest absolute Gasteiger partial charge is 0.0555 e. The summed E-state index contributed by atoms with van der Waals surface area (Å²) in [5.41, 5.74) is 12.8. The molecule has 4 atom stereocenters. The van der Waals surface area contributed by atoms with Crippen molar-refractivity contribution < 1.29 is 0 Å². The quantitative estimate of drug-likeness (QED) is 0.159. The monoisotopic (exact) mass is 708 g/mol. The summed E-state index contributed by atoms with van der Waals surface area (Å²) in [6.45, 7) is 6.83. The lowest BCUT2D eigenvalue weighted by Gasteiger charge is -2.44. The Hall–Kier alpha value is -6.12. The third-order valence-electron chi connectivity index (χ3n) is 13.1. The number of hydrogen-bond donors (Lipinski definition) is 0. The zero-order valence-electron chi connectivity index (χ0n) is 31.7. The lowest BCUT2D eigenvalue weighted by molar-refractivity contribution is 0.343. The third kappa shape index (κ3) is 5.08. The topological polar surface area (TPSA) is 6.48 Å². The fourth-order valence-corrected chi connectivity index (χ4v) is 10.2. The summed E-state index contributed by atoms with van der Waals surface area (Å²) in [6, 6.07) is 44.2. The van der Waals surface area contributed by atoms with Crippen molar-refractivity contribution in [3.63, 3.8) is 0 Å². The Morgan fingerprint density at radius 3 is 1.84 bits per heavy atom. The number of hydrogen-bond acceptors (Lipinski definition) is 2. The highest BCUT2D eigenvalue weighted by Crippen LogP contribution is 2.64. The van der Waals surface area contributed by atoms with Crippen LogP contribution in [0.25, 0.3) is 38.4 Å². The predicted molar refractivity (Wildman–Crippen MR) is 235 cm³/mol. The molecule has 7 aromatic rings. The van der Waals surface area contributed by atoms with Gasteiger partial charge in [0, 0.05) is 40.3 Å². The van der Waals surface area contributed by atoms with E-state index in [1.807, 2.05) is 0 Å². The molecule has 266 valence electrons. The highest BCUT2D eigenvalue weighted by molar-refractivity contribution is 6.24. The molecule has 0 amide bonds. The number of allylic oxidation sites excluding steroid dienone is 8. The highest BCUT2D eigenvalue weighted by atomic mass is 15.3. The molecule has 0 N–H and O–H groups in total. The van der Waals surface area contributed by atoms with Crippen molar-refractivity contribution >= 4 is 66.8 Å². The van der Waals surface area contributed by atoms with Crippen LogP contribution < -0.4 is 9.80 Å². The molecule has 2 nitrogen and oxygen atoms in total. The summed E-state index contributed by atoms with van der Waals surface area (Å²) >= 11 is 0. The van der Waals surface area contributed by atoms with E-state index in [0.29, 0.717) is 17.8 Å². The van der Waals surface area contributed by atoms with Gasteiger partial charge in [0.2, 0.25) is 0 Å². The van der Waals surface area contributed by atoms with Gasteiger partial charge in [-0.25, -0.2) is 0 Å². The van der Waals surface area contributed by atoms with E-state index in [2.05, 4.69) is 201 Å². The molecule has 0 heterocycles. The molecule has 0 aliphatic heterocycles. The van der Waals surface area contributed by atoms with Crippen LogP contribution in [-0.2, 0) is 6.42 Å². The number of aryl methyl sites for hydroxylation is 2. The van der Waals surface area contributed by atoms with E-state index in [4.69, 9.17) is 0 Å². The molecule has 7 aromatic carbocycles. The minimum Gasteiger partial charge on any atom is -0.334 e. The van der Waals surface area contributed by atoms with E-state index in [1.54, 1.807) is 0 Å².